The molecule has 0 bridgehead atoms. The van der Waals surface area contributed by atoms with Crippen LogP contribution in [0.1, 0.15) is 40.3 Å². The van der Waals surface area contributed by atoms with Crippen molar-refractivity contribution in [2.75, 3.05) is 0 Å². The lowest BCUT2D eigenvalue weighted by Gasteiger charge is -2.14. The molecule has 4 aromatic heterocycles. The highest BCUT2D eigenvalue weighted by atomic mass is 35.5. The summed E-state index contributed by atoms with van der Waals surface area (Å²) in [6.07, 6.45) is 7.22. The highest BCUT2D eigenvalue weighted by molar-refractivity contribution is 6.31. The molecule has 0 saturated carbocycles. The lowest BCUT2D eigenvalue weighted by Crippen LogP contribution is -2.03. The van der Waals surface area contributed by atoms with Crippen LogP contribution in [0.15, 0.2) is 122 Å². The van der Waals surface area contributed by atoms with Crippen LogP contribution in [0.4, 0.5) is 0 Å². The zero-order valence-corrected chi connectivity index (χ0v) is 34.3. The molecule has 0 spiro atoms. The zero-order valence-electron chi connectivity index (χ0n) is 32.7. The van der Waals surface area contributed by atoms with Crippen LogP contribution in [0.25, 0.3) is 67.8 Å². The van der Waals surface area contributed by atoms with Crippen molar-refractivity contribution in [3.63, 3.8) is 0 Å². The molecule has 0 atom stereocenters. The topological polar surface area (TPSA) is 72.3 Å². The third kappa shape index (κ3) is 7.95. The van der Waals surface area contributed by atoms with Crippen LogP contribution < -0.4 is 0 Å². The SMILES string of the molecule is CCn1c(-c2c(C)cc(C)cc2C)nc(-c2ccncc2)c1-c1ccc(Cl)cc1.Cc1cc(C)c(-c2nc(-c3ccc(Cl)cc3)c(-c3ccncc3)[nH]2)c(C)c1. The fraction of sp³-hybridized carbons (Fsp3) is 0.167. The minimum atomic E-state index is 0.713. The van der Waals surface area contributed by atoms with E-state index in [0.717, 1.165) is 73.8 Å². The van der Waals surface area contributed by atoms with Crippen molar-refractivity contribution in [2.45, 2.75) is 55.0 Å². The summed E-state index contributed by atoms with van der Waals surface area (Å²) in [5, 5.41) is 1.44. The van der Waals surface area contributed by atoms with E-state index in [2.05, 4.69) is 104 Å². The fourth-order valence-electron chi connectivity index (χ4n) is 7.69. The number of imidazole rings is 2. The number of hydrogen-bond donors (Lipinski definition) is 1. The molecule has 0 aliphatic rings. The second kappa shape index (κ2) is 16.5. The smallest absolute Gasteiger partial charge is 0.141 e. The van der Waals surface area contributed by atoms with Crippen molar-refractivity contribution in [1.29, 1.82) is 0 Å². The summed E-state index contributed by atoms with van der Waals surface area (Å²) >= 11 is 12.2. The number of aromatic nitrogens is 6. The van der Waals surface area contributed by atoms with E-state index >= 15 is 0 Å². The molecule has 0 aliphatic carbocycles. The number of benzene rings is 4. The molecule has 4 aromatic carbocycles. The number of aromatic amines is 1. The van der Waals surface area contributed by atoms with Crippen molar-refractivity contribution >= 4 is 23.2 Å². The Morgan fingerprint density at radius 1 is 0.518 bits per heavy atom. The van der Waals surface area contributed by atoms with Gasteiger partial charge in [0.15, 0.2) is 0 Å². The van der Waals surface area contributed by atoms with E-state index in [1.54, 1.807) is 12.4 Å². The summed E-state index contributed by atoms with van der Waals surface area (Å²) in [6, 6.07) is 32.6. The van der Waals surface area contributed by atoms with Gasteiger partial charge in [-0.2, -0.15) is 0 Å². The molecular formula is C48H44Cl2N6. The Morgan fingerprint density at radius 2 is 0.964 bits per heavy atom. The van der Waals surface area contributed by atoms with E-state index in [-0.39, 0.29) is 0 Å². The third-order valence-corrected chi connectivity index (χ3v) is 10.5. The number of nitrogens with zero attached hydrogens (tertiary/aromatic N) is 5. The van der Waals surface area contributed by atoms with E-state index in [0.29, 0.717) is 5.02 Å². The van der Waals surface area contributed by atoms with Crippen molar-refractivity contribution in [3.05, 3.63) is 165 Å². The average molecular weight is 776 g/mol. The Hall–Kier alpha value is -5.82. The zero-order chi connectivity index (χ0) is 39.5. The van der Waals surface area contributed by atoms with Crippen LogP contribution in [-0.2, 0) is 6.54 Å². The maximum absolute atomic E-state index is 6.16. The maximum Gasteiger partial charge on any atom is 0.141 e. The predicted octanol–water partition coefficient (Wildman–Crippen LogP) is 13.3. The second-order valence-corrected chi connectivity index (χ2v) is 15.1. The Morgan fingerprint density at radius 3 is 1.46 bits per heavy atom. The number of pyridine rings is 2. The number of nitrogens with one attached hydrogen (secondary N) is 1. The minimum absolute atomic E-state index is 0.713. The first-order valence-corrected chi connectivity index (χ1v) is 19.5. The van der Waals surface area contributed by atoms with Crippen molar-refractivity contribution in [2.24, 2.45) is 0 Å². The van der Waals surface area contributed by atoms with Gasteiger partial charge in [0, 0.05) is 74.8 Å². The molecule has 4 heterocycles. The first kappa shape index (κ1) is 38.5. The molecule has 0 aliphatic heterocycles. The minimum Gasteiger partial charge on any atom is -0.337 e. The molecule has 56 heavy (non-hydrogen) atoms. The number of rotatable bonds is 7. The predicted molar refractivity (Wildman–Crippen MR) is 233 cm³/mol. The van der Waals surface area contributed by atoms with Crippen LogP contribution in [-0.4, -0.2) is 29.5 Å². The summed E-state index contributed by atoms with van der Waals surface area (Å²) < 4.78 is 2.31. The Labute approximate surface area is 339 Å². The fourth-order valence-corrected chi connectivity index (χ4v) is 7.94. The monoisotopic (exact) mass is 774 g/mol. The largest absolute Gasteiger partial charge is 0.337 e. The number of halogens is 2. The van der Waals surface area contributed by atoms with Crippen molar-refractivity contribution in [1.82, 2.24) is 29.5 Å². The van der Waals surface area contributed by atoms with Gasteiger partial charge in [0.25, 0.3) is 0 Å². The lowest BCUT2D eigenvalue weighted by atomic mass is 9.99. The van der Waals surface area contributed by atoms with E-state index in [1.807, 2.05) is 73.1 Å². The van der Waals surface area contributed by atoms with E-state index in [1.165, 1.54) is 38.9 Å². The van der Waals surface area contributed by atoms with Gasteiger partial charge in [0.1, 0.15) is 11.6 Å². The maximum atomic E-state index is 6.16. The molecule has 0 fully saturated rings. The second-order valence-electron chi connectivity index (χ2n) is 14.2. The highest BCUT2D eigenvalue weighted by Crippen LogP contribution is 2.39. The third-order valence-electron chi connectivity index (χ3n) is 9.96. The summed E-state index contributed by atoms with van der Waals surface area (Å²) in [4.78, 5) is 22.0. The van der Waals surface area contributed by atoms with E-state index < -0.39 is 0 Å². The molecule has 8 heteroatoms. The number of H-pyrrole nitrogens is 1. The average Bonchev–Trinajstić information content (AvgIpc) is 3.78. The lowest BCUT2D eigenvalue weighted by molar-refractivity contribution is 0.777. The normalized spacial score (nSPS) is 11.0. The Balaban J connectivity index is 0.000000172. The molecule has 8 rings (SSSR count). The quantitative estimate of drug-likeness (QED) is 0.175. The number of hydrogen-bond acceptors (Lipinski definition) is 4. The van der Waals surface area contributed by atoms with E-state index in [4.69, 9.17) is 33.2 Å². The molecule has 0 amide bonds. The van der Waals surface area contributed by atoms with Crippen LogP contribution in [0.5, 0.6) is 0 Å². The van der Waals surface area contributed by atoms with Crippen LogP contribution >= 0.6 is 23.2 Å². The molecule has 280 valence electrons. The van der Waals surface area contributed by atoms with Gasteiger partial charge in [0.2, 0.25) is 0 Å². The Kier molecular flexibility index (Phi) is 11.3. The van der Waals surface area contributed by atoms with Gasteiger partial charge in [-0.25, -0.2) is 9.97 Å². The molecule has 0 radical (unpaired) electrons. The van der Waals surface area contributed by atoms with Gasteiger partial charge < -0.3 is 9.55 Å². The molecule has 0 saturated heterocycles. The van der Waals surface area contributed by atoms with E-state index in [9.17, 15) is 0 Å². The molecule has 8 aromatic rings. The van der Waals surface area contributed by atoms with Crippen molar-refractivity contribution < 1.29 is 0 Å². The van der Waals surface area contributed by atoms with Crippen molar-refractivity contribution in [3.8, 4) is 67.8 Å². The highest BCUT2D eigenvalue weighted by Gasteiger charge is 2.23. The first-order valence-electron chi connectivity index (χ1n) is 18.7. The van der Waals surface area contributed by atoms with Crippen LogP contribution in [0, 0.1) is 41.5 Å². The first-order chi connectivity index (χ1) is 27.0. The van der Waals surface area contributed by atoms with Gasteiger partial charge in [-0.15, -0.1) is 0 Å². The van der Waals surface area contributed by atoms with Crippen LogP contribution in [0.3, 0.4) is 0 Å². The van der Waals surface area contributed by atoms with Gasteiger partial charge >= 0.3 is 0 Å². The molecular weight excluding hydrogens is 731 g/mol. The summed E-state index contributed by atoms with van der Waals surface area (Å²) in [7, 11) is 0. The summed E-state index contributed by atoms with van der Waals surface area (Å²) in [5.41, 5.74) is 18.0. The summed E-state index contributed by atoms with van der Waals surface area (Å²) in [5.74, 6) is 1.88. The van der Waals surface area contributed by atoms with Gasteiger partial charge in [0.05, 0.1) is 22.8 Å². The summed E-state index contributed by atoms with van der Waals surface area (Å²) in [6.45, 7) is 15.8. The molecule has 6 nitrogen and oxygen atoms in total. The number of aryl methyl sites for hydroxylation is 6. The van der Waals surface area contributed by atoms with Gasteiger partial charge in [-0.05, 0) is 119 Å². The van der Waals surface area contributed by atoms with Crippen LogP contribution in [0.2, 0.25) is 10.0 Å². The van der Waals surface area contributed by atoms with Gasteiger partial charge in [-0.1, -0.05) is 82.9 Å². The molecule has 0 unspecified atom stereocenters. The molecule has 1 N–H and O–H groups in total. The Bertz CT molecular complexity index is 2580. The van der Waals surface area contributed by atoms with Gasteiger partial charge in [-0.3, -0.25) is 9.97 Å². The standard InChI is InChI=1S/C25H24ClN3.C23H20ClN3/c1-5-29-24(20-6-8-21(26)9-7-20)23(19-10-12-27-13-11-19)28-25(29)22-17(3)14-16(2)15-18(22)4;1-14-12-15(2)20(16(3)13-14)23-26-21(17-4-6-19(24)7-5-17)22(27-23)18-8-10-25-11-9-18/h6-15H,5H2,1-4H3;4-13H,1-3H3,(H,26,27).